The van der Waals surface area contributed by atoms with Crippen LogP contribution in [0, 0.1) is 11.6 Å². The van der Waals surface area contributed by atoms with Gasteiger partial charge in [-0.05, 0) is 29.7 Å². The Morgan fingerprint density at radius 3 is 2.84 bits per heavy atom. The number of nitrogens with zero attached hydrogens (tertiary/aromatic N) is 5. The van der Waals surface area contributed by atoms with E-state index in [1.165, 1.54) is 28.7 Å². The zero-order chi connectivity index (χ0) is 30.5. The third kappa shape index (κ3) is 4.84. The highest BCUT2D eigenvalue weighted by Crippen LogP contribution is 2.48. The molecule has 0 spiro atoms. The minimum absolute atomic E-state index is 0.0390. The van der Waals surface area contributed by atoms with Crippen LogP contribution in [0.25, 0.3) is 54.1 Å². The SMILES string of the molecule is C=CC(=O)N1CCc2nc(-c3nc(-c4ccc5nn(C)cc5c4)c4ccsc4c3-c3c(F)cc(F)cc3OCCO)sc2C1. The highest BCUT2D eigenvalue weighted by Gasteiger charge is 2.29. The first kappa shape index (κ1) is 28.3. The summed E-state index contributed by atoms with van der Waals surface area (Å²) in [5.41, 5.74) is 4.12. The summed E-state index contributed by atoms with van der Waals surface area (Å²) in [6.07, 6.45) is 3.79. The van der Waals surface area contributed by atoms with E-state index in [-0.39, 0.29) is 30.4 Å². The average Bonchev–Trinajstić information content (AvgIpc) is 3.75. The third-order valence-corrected chi connectivity index (χ3v) is 9.56. The van der Waals surface area contributed by atoms with Crippen LogP contribution in [0.15, 0.2) is 60.6 Å². The summed E-state index contributed by atoms with van der Waals surface area (Å²) in [7, 11) is 1.86. The van der Waals surface area contributed by atoms with Crippen molar-refractivity contribution >= 4 is 49.6 Å². The molecule has 1 aliphatic rings. The van der Waals surface area contributed by atoms with Gasteiger partial charge in [0.15, 0.2) is 0 Å². The fourth-order valence-corrected chi connectivity index (χ4v) is 7.67. The van der Waals surface area contributed by atoms with E-state index in [1.54, 1.807) is 9.58 Å². The Bertz CT molecular complexity index is 2100. The van der Waals surface area contributed by atoms with Crippen LogP contribution in [0.2, 0.25) is 0 Å². The Hall–Kier alpha value is -4.52. The van der Waals surface area contributed by atoms with Crippen molar-refractivity contribution in [2.75, 3.05) is 19.8 Å². The summed E-state index contributed by atoms with van der Waals surface area (Å²) in [5.74, 6) is -1.81. The molecule has 1 N–H and O–H groups in total. The summed E-state index contributed by atoms with van der Waals surface area (Å²) in [4.78, 5) is 25.1. The molecule has 5 heterocycles. The highest BCUT2D eigenvalue weighted by molar-refractivity contribution is 7.18. The van der Waals surface area contributed by atoms with Gasteiger partial charge in [-0.2, -0.15) is 5.10 Å². The number of hydrogen-bond donors (Lipinski definition) is 1. The summed E-state index contributed by atoms with van der Waals surface area (Å²) in [6.45, 7) is 4.03. The normalized spacial score (nSPS) is 13.0. The maximum Gasteiger partial charge on any atom is 0.246 e. The number of halogens is 2. The van der Waals surface area contributed by atoms with Crippen molar-refractivity contribution in [3.05, 3.63) is 82.8 Å². The molecule has 222 valence electrons. The van der Waals surface area contributed by atoms with Gasteiger partial charge in [0.1, 0.15) is 34.7 Å². The molecule has 4 aromatic heterocycles. The van der Waals surface area contributed by atoms with Gasteiger partial charge in [0, 0.05) is 69.8 Å². The summed E-state index contributed by atoms with van der Waals surface area (Å²) < 4.78 is 38.5. The van der Waals surface area contributed by atoms with Gasteiger partial charge in [-0.3, -0.25) is 9.48 Å². The molecule has 0 saturated heterocycles. The Kier molecular flexibility index (Phi) is 7.19. The van der Waals surface area contributed by atoms with E-state index in [2.05, 4.69) is 11.7 Å². The minimum Gasteiger partial charge on any atom is -0.490 e. The lowest BCUT2D eigenvalue weighted by atomic mass is 9.97. The van der Waals surface area contributed by atoms with Crippen molar-refractivity contribution in [2.24, 2.45) is 7.05 Å². The molecular weight excluding hydrogens is 605 g/mol. The van der Waals surface area contributed by atoms with Gasteiger partial charge in [0.2, 0.25) is 5.91 Å². The van der Waals surface area contributed by atoms with E-state index in [0.29, 0.717) is 41.5 Å². The number of carbonyl (C=O) groups excluding carboxylic acids is 1. The van der Waals surface area contributed by atoms with Gasteiger partial charge in [-0.15, -0.1) is 22.7 Å². The fourth-order valence-electron chi connectivity index (χ4n) is 5.60. The van der Waals surface area contributed by atoms with E-state index in [0.717, 1.165) is 49.3 Å². The third-order valence-electron chi connectivity index (χ3n) is 7.54. The predicted octanol–water partition coefficient (Wildman–Crippen LogP) is 6.36. The molecule has 0 radical (unpaired) electrons. The number of rotatable bonds is 7. The fraction of sp³-hybridized carbons (Fsp3) is 0.188. The van der Waals surface area contributed by atoms with Gasteiger partial charge in [0.05, 0.1) is 35.6 Å². The number of fused-ring (bicyclic) bond motifs is 3. The molecule has 2 aromatic carbocycles. The Labute approximate surface area is 258 Å². The first-order valence-electron chi connectivity index (χ1n) is 13.8. The maximum atomic E-state index is 15.9. The van der Waals surface area contributed by atoms with Crippen LogP contribution < -0.4 is 4.74 Å². The van der Waals surface area contributed by atoms with E-state index < -0.39 is 11.6 Å². The van der Waals surface area contributed by atoms with Crippen LogP contribution in [0.3, 0.4) is 0 Å². The number of aromatic nitrogens is 4. The van der Waals surface area contributed by atoms with Crippen LogP contribution in [-0.4, -0.2) is 55.4 Å². The number of thiophene rings is 1. The summed E-state index contributed by atoms with van der Waals surface area (Å²) in [6, 6.07) is 9.78. The van der Waals surface area contributed by atoms with Crippen molar-refractivity contribution in [3.63, 3.8) is 0 Å². The van der Waals surface area contributed by atoms with Gasteiger partial charge in [0.25, 0.3) is 0 Å². The minimum atomic E-state index is -0.815. The standard InChI is InChI=1S/C32H25F2N5O3S2/c1-3-26(41)39-8-6-23-25(16-39)44-32(35-23)30-28(27-21(34)13-19(33)14-24(27)42-10-9-40)31-20(7-11-43-31)29(36-30)17-4-5-22-18(12-17)15-38(2)37-22/h3-5,7,11-15,40H,1,6,8-10,16H2,2H3. The largest absolute Gasteiger partial charge is 0.490 e. The van der Waals surface area contributed by atoms with Crippen molar-refractivity contribution in [1.82, 2.24) is 24.6 Å². The number of aryl methyl sites for hydroxylation is 1. The molecule has 0 saturated carbocycles. The number of amides is 1. The van der Waals surface area contributed by atoms with Gasteiger partial charge in [-0.25, -0.2) is 18.7 Å². The predicted molar refractivity (Wildman–Crippen MR) is 168 cm³/mol. The zero-order valence-corrected chi connectivity index (χ0v) is 25.1. The molecule has 0 aliphatic carbocycles. The number of benzene rings is 2. The average molecular weight is 630 g/mol. The summed E-state index contributed by atoms with van der Waals surface area (Å²) >= 11 is 2.81. The van der Waals surface area contributed by atoms with Gasteiger partial charge >= 0.3 is 0 Å². The second kappa shape index (κ2) is 11.2. The number of aliphatic hydroxyl groups excluding tert-OH is 1. The Morgan fingerprint density at radius 1 is 1.16 bits per heavy atom. The maximum absolute atomic E-state index is 15.9. The zero-order valence-electron chi connectivity index (χ0n) is 23.5. The van der Waals surface area contributed by atoms with Crippen molar-refractivity contribution < 1.29 is 23.4 Å². The molecule has 1 amide bonds. The monoisotopic (exact) mass is 629 g/mol. The molecule has 8 nitrogen and oxygen atoms in total. The van der Waals surface area contributed by atoms with E-state index in [4.69, 9.17) is 14.7 Å². The van der Waals surface area contributed by atoms with Crippen LogP contribution in [-0.2, 0) is 24.8 Å². The lowest BCUT2D eigenvalue weighted by molar-refractivity contribution is -0.126. The number of thiazole rings is 1. The second-order valence-corrected chi connectivity index (χ2v) is 12.4. The van der Waals surface area contributed by atoms with Crippen LogP contribution in [0.5, 0.6) is 5.75 Å². The topological polar surface area (TPSA) is 93.4 Å². The molecule has 7 rings (SSSR count). The van der Waals surface area contributed by atoms with Crippen LogP contribution in [0.4, 0.5) is 8.78 Å². The van der Waals surface area contributed by atoms with Crippen LogP contribution in [0.1, 0.15) is 10.6 Å². The molecule has 0 unspecified atom stereocenters. The number of aliphatic hydroxyl groups is 1. The number of hydrogen-bond acceptors (Lipinski definition) is 8. The molecule has 44 heavy (non-hydrogen) atoms. The number of ether oxygens (including phenoxy) is 1. The van der Waals surface area contributed by atoms with E-state index in [9.17, 15) is 14.3 Å². The lowest BCUT2D eigenvalue weighted by Crippen LogP contribution is -2.34. The van der Waals surface area contributed by atoms with E-state index in [1.807, 2.05) is 42.9 Å². The van der Waals surface area contributed by atoms with Crippen molar-refractivity contribution in [3.8, 4) is 38.8 Å². The second-order valence-electron chi connectivity index (χ2n) is 10.4. The van der Waals surface area contributed by atoms with Crippen LogP contribution >= 0.6 is 22.7 Å². The number of pyridine rings is 1. The van der Waals surface area contributed by atoms with E-state index >= 15 is 4.39 Å². The molecule has 0 bridgehead atoms. The molecule has 0 fully saturated rings. The molecular formula is C32H25F2N5O3S2. The van der Waals surface area contributed by atoms with Gasteiger partial charge < -0.3 is 14.7 Å². The van der Waals surface area contributed by atoms with Crippen molar-refractivity contribution in [2.45, 2.75) is 13.0 Å². The first-order chi connectivity index (χ1) is 21.3. The quantitative estimate of drug-likeness (QED) is 0.207. The lowest BCUT2D eigenvalue weighted by Gasteiger charge is -2.24. The highest BCUT2D eigenvalue weighted by atomic mass is 32.1. The summed E-state index contributed by atoms with van der Waals surface area (Å²) in [5, 5.41) is 18.1. The Morgan fingerprint density at radius 2 is 2.02 bits per heavy atom. The van der Waals surface area contributed by atoms with Gasteiger partial charge in [-0.1, -0.05) is 12.6 Å². The number of carbonyl (C=O) groups is 1. The van der Waals surface area contributed by atoms with Crippen molar-refractivity contribution in [1.29, 1.82) is 0 Å². The molecule has 0 atom stereocenters. The molecule has 6 aromatic rings. The first-order valence-corrected chi connectivity index (χ1v) is 15.5. The smallest absolute Gasteiger partial charge is 0.246 e. The Balaban J connectivity index is 1.50. The molecule has 12 heteroatoms. The molecule has 1 aliphatic heterocycles.